The number of carbonyl (C=O) groups excluding carboxylic acids is 1. The van der Waals surface area contributed by atoms with Gasteiger partial charge in [-0.25, -0.2) is 17.1 Å². The van der Waals surface area contributed by atoms with Gasteiger partial charge in [-0.3, -0.25) is 4.79 Å². The predicted octanol–water partition coefficient (Wildman–Crippen LogP) is 2.24. The molecule has 1 saturated heterocycles. The molecule has 1 aromatic carbocycles. The Bertz CT molecular complexity index is 634. The van der Waals surface area contributed by atoms with Gasteiger partial charge in [0.2, 0.25) is 10.0 Å². The van der Waals surface area contributed by atoms with E-state index in [1.165, 1.54) is 28.6 Å². The monoisotopic (exact) mass is 311 g/mol. The first kappa shape index (κ1) is 15.9. The topological polar surface area (TPSA) is 54.5 Å². The zero-order valence-electron chi connectivity index (χ0n) is 11.7. The number of rotatable bonds is 5. The second kappa shape index (κ2) is 6.49. The molecular weight excluding hydrogens is 293 g/mol. The van der Waals surface area contributed by atoms with E-state index in [4.69, 9.17) is 0 Å². The van der Waals surface area contributed by atoms with Crippen molar-refractivity contribution in [1.82, 2.24) is 4.31 Å². The first-order chi connectivity index (χ1) is 9.94. The fourth-order valence-electron chi connectivity index (χ4n) is 2.53. The van der Waals surface area contributed by atoms with E-state index in [2.05, 4.69) is 6.58 Å². The van der Waals surface area contributed by atoms with Gasteiger partial charge in [0.15, 0.2) is 5.78 Å². The maximum atomic E-state index is 13.1. The average Bonchev–Trinajstić information content (AvgIpc) is 2.46. The van der Waals surface area contributed by atoms with Gasteiger partial charge in [0.05, 0.1) is 5.75 Å². The highest BCUT2D eigenvalue weighted by Crippen LogP contribution is 2.24. The second-order valence-corrected chi connectivity index (χ2v) is 7.13. The lowest BCUT2D eigenvalue weighted by atomic mass is 9.89. The first-order valence-electron chi connectivity index (χ1n) is 6.82. The highest BCUT2D eigenvalue weighted by Gasteiger charge is 2.30. The molecule has 0 unspecified atom stereocenters. The third-order valence-electron chi connectivity index (χ3n) is 3.66. The average molecular weight is 311 g/mol. The molecular formula is C15H18FNO3S. The predicted molar refractivity (Wildman–Crippen MR) is 79.0 cm³/mol. The second-order valence-electron chi connectivity index (χ2n) is 5.12. The molecule has 21 heavy (non-hydrogen) atoms. The van der Waals surface area contributed by atoms with Gasteiger partial charge in [0.25, 0.3) is 0 Å². The molecule has 0 N–H and O–H groups in total. The van der Waals surface area contributed by atoms with E-state index in [1.54, 1.807) is 6.07 Å². The van der Waals surface area contributed by atoms with Crippen LogP contribution < -0.4 is 0 Å². The van der Waals surface area contributed by atoms with E-state index < -0.39 is 15.8 Å². The molecule has 0 aromatic heterocycles. The molecule has 0 amide bonds. The van der Waals surface area contributed by atoms with E-state index in [0.717, 1.165) is 0 Å². The van der Waals surface area contributed by atoms with Gasteiger partial charge in [0, 0.05) is 24.6 Å². The number of benzene rings is 1. The summed E-state index contributed by atoms with van der Waals surface area (Å²) in [6.45, 7) is 4.08. The molecule has 0 bridgehead atoms. The Hall–Kier alpha value is -1.53. The first-order valence-corrected chi connectivity index (χ1v) is 8.43. The van der Waals surface area contributed by atoms with E-state index in [0.29, 0.717) is 31.5 Å². The van der Waals surface area contributed by atoms with Crippen LogP contribution in [0.5, 0.6) is 0 Å². The van der Waals surface area contributed by atoms with Crippen molar-refractivity contribution in [2.75, 3.05) is 18.8 Å². The number of hydrogen-bond donors (Lipinski definition) is 0. The van der Waals surface area contributed by atoms with Gasteiger partial charge in [-0.05, 0) is 25.0 Å². The third kappa shape index (κ3) is 3.77. The fraction of sp³-hybridized carbons (Fsp3) is 0.400. The third-order valence-corrected chi connectivity index (χ3v) is 5.46. The van der Waals surface area contributed by atoms with Gasteiger partial charge in [0.1, 0.15) is 5.82 Å². The molecule has 1 aliphatic heterocycles. The summed E-state index contributed by atoms with van der Waals surface area (Å²) in [7, 11) is -3.31. The van der Waals surface area contributed by atoms with Crippen LogP contribution in [0.15, 0.2) is 36.9 Å². The Morgan fingerprint density at radius 1 is 1.38 bits per heavy atom. The maximum absolute atomic E-state index is 13.1. The molecule has 0 spiro atoms. The summed E-state index contributed by atoms with van der Waals surface area (Å²) in [4.78, 5) is 12.3. The van der Waals surface area contributed by atoms with Gasteiger partial charge in [-0.15, -0.1) is 6.58 Å². The van der Waals surface area contributed by atoms with Crippen LogP contribution in [0.1, 0.15) is 23.2 Å². The van der Waals surface area contributed by atoms with Crippen LogP contribution in [0.25, 0.3) is 0 Å². The van der Waals surface area contributed by atoms with E-state index in [1.807, 2.05) is 0 Å². The molecule has 0 atom stereocenters. The minimum atomic E-state index is -3.31. The summed E-state index contributed by atoms with van der Waals surface area (Å²) in [5, 5.41) is 0. The van der Waals surface area contributed by atoms with Crippen LogP contribution in [0.4, 0.5) is 4.39 Å². The van der Waals surface area contributed by atoms with Crippen molar-refractivity contribution in [3.63, 3.8) is 0 Å². The summed E-state index contributed by atoms with van der Waals surface area (Å²) in [5.41, 5.74) is 0.349. The maximum Gasteiger partial charge on any atom is 0.217 e. The van der Waals surface area contributed by atoms with Crippen LogP contribution in [0.3, 0.4) is 0 Å². The molecule has 1 aromatic rings. The Kier molecular flexibility index (Phi) is 4.90. The molecule has 114 valence electrons. The quantitative estimate of drug-likeness (QED) is 0.619. The molecule has 1 fully saturated rings. The van der Waals surface area contributed by atoms with Crippen LogP contribution in [0, 0.1) is 11.7 Å². The summed E-state index contributed by atoms with van der Waals surface area (Å²) < 4.78 is 38.3. The Balaban J connectivity index is 2.01. The SMILES string of the molecule is C=CCS(=O)(=O)N1CCC(C(=O)c2cccc(F)c2)CC1. The van der Waals surface area contributed by atoms with Crippen molar-refractivity contribution in [3.05, 3.63) is 48.3 Å². The van der Waals surface area contributed by atoms with Crippen molar-refractivity contribution < 1.29 is 17.6 Å². The minimum absolute atomic E-state index is 0.0878. The van der Waals surface area contributed by atoms with Crippen LogP contribution in [-0.4, -0.2) is 37.3 Å². The number of ketones is 1. The minimum Gasteiger partial charge on any atom is -0.294 e. The van der Waals surface area contributed by atoms with E-state index in [-0.39, 0.29) is 17.5 Å². The van der Waals surface area contributed by atoms with Crippen LogP contribution >= 0.6 is 0 Å². The number of nitrogens with zero attached hydrogens (tertiary/aromatic N) is 1. The smallest absolute Gasteiger partial charge is 0.217 e. The molecule has 1 heterocycles. The summed E-state index contributed by atoms with van der Waals surface area (Å²) in [6.07, 6.45) is 2.29. The molecule has 4 nitrogen and oxygen atoms in total. The van der Waals surface area contributed by atoms with Gasteiger partial charge >= 0.3 is 0 Å². The number of halogens is 1. The fourth-order valence-corrected chi connectivity index (χ4v) is 3.80. The molecule has 0 aliphatic carbocycles. The van der Waals surface area contributed by atoms with Gasteiger partial charge < -0.3 is 0 Å². The zero-order chi connectivity index (χ0) is 15.5. The van der Waals surface area contributed by atoms with Crippen molar-refractivity contribution in [3.8, 4) is 0 Å². The number of piperidine rings is 1. The molecule has 2 rings (SSSR count). The van der Waals surface area contributed by atoms with Gasteiger partial charge in [-0.2, -0.15) is 0 Å². The summed E-state index contributed by atoms with van der Waals surface area (Å²) >= 11 is 0. The van der Waals surface area contributed by atoms with Crippen molar-refractivity contribution in [1.29, 1.82) is 0 Å². The van der Waals surface area contributed by atoms with E-state index in [9.17, 15) is 17.6 Å². The number of Topliss-reactive ketones (excluding diaryl/α,β-unsaturated/α-hetero) is 1. The number of sulfonamides is 1. The standard InChI is InChI=1S/C15H18FNO3S/c1-2-10-21(19,20)17-8-6-12(7-9-17)15(18)13-4-3-5-14(16)11-13/h2-5,11-12H,1,6-10H2. The van der Waals surface area contributed by atoms with E-state index >= 15 is 0 Å². The largest absolute Gasteiger partial charge is 0.294 e. The lowest BCUT2D eigenvalue weighted by molar-refractivity contribution is 0.0875. The van der Waals surface area contributed by atoms with Crippen molar-refractivity contribution >= 4 is 15.8 Å². The Labute approximate surface area is 124 Å². The summed E-state index contributed by atoms with van der Waals surface area (Å²) in [6, 6.07) is 5.61. The van der Waals surface area contributed by atoms with Crippen LogP contribution in [-0.2, 0) is 10.0 Å². The lowest BCUT2D eigenvalue weighted by Crippen LogP contribution is -2.41. The zero-order valence-corrected chi connectivity index (χ0v) is 12.5. The molecule has 0 radical (unpaired) electrons. The normalized spacial score (nSPS) is 17.6. The van der Waals surface area contributed by atoms with Crippen molar-refractivity contribution in [2.24, 2.45) is 5.92 Å². The number of carbonyl (C=O) groups is 1. The molecule has 6 heteroatoms. The van der Waals surface area contributed by atoms with Gasteiger partial charge in [-0.1, -0.05) is 18.2 Å². The molecule has 1 aliphatic rings. The Morgan fingerprint density at radius 3 is 2.62 bits per heavy atom. The molecule has 0 saturated carbocycles. The Morgan fingerprint density at radius 2 is 2.05 bits per heavy atom. The highest BCUT2D eigenvalue weighted by molar-refractivity contribution is 7.89. The van der Waals surface area contributed by atoms with Crippen molar-refractivity contribution in [2.45, 2.75) is 12.8 Å². The number of hydrogen-bond acceptors (Lipinski definition) is 3. The lowest BCUT2D eigenvalue weighted by Gasteiger charge is -2.30. The van der Waals surface area contributed by atoms with Crippen LogP contribution in [0.2, 0.25) is 0 Å². The summed E-state index contributed by atoms with van der Waals surface area (Å²) in [5.74, 6) is -0.890. The highest BCUT2D eigenvalue weighted by atomic mass is 32.2.